The van der Waals surface area contributed by atoms with E-state index in [9.17, 15) is 0 Å². The second kappa shape index (κ2) is 3.62. The van der Waals surface area contributed by atoms with Gasteiger partial charge in [-0.15, -0.1) is 0 Å². The van der Waals surface area contributed by atoms with E-state index in [2.05, 4.69) is 15.1 Å². The summed E-state index contributed by atoms with van der Waals surface area (Å²) in [4.78, 5) is 8.50. The molecule has 16 heavy (non-hydrogen) atoms. The number of hydrogen-bond donors (Lipinski definition) is 0. The molecule has 0 bridgehead atoms. The number of nitrogens with zero attached hydrogens (tertiary/aromatic N) is 4. The van der Waals surface area contributed by atoms with E-state index >= 15 is 0 Å². The first-order chi connectivity index (χ1) is 7.93. The van der Waals surface area contributed by atoms with E-state index in [0.717, 1.165) is 0 Å². The van der Waals surface area contributed by atoms with Gasteiger partial charge in [-0.25, -0.2) is 14.6 Å². The molecule has 0 amide bonds. The van der Waals surface area contributed by atoms with Gasteiger partial charge in [0.15, 0.2) is 17.4 Å². The number of rotatable bonds is 2. The summed E-state index contributed by atoms with van der Waals surface area (Å²) in [6.45, 7) is 0. The van der Waals surface area contributed by atoms with Gasteiger partial charge >= 0.3 is 0 Å². The van der Waals surface area contributed by atoms with Crippen LogP contribution >= 0.6 is 0 Å². The highest BCUT2D eigenvalue weighted by atomic mass is 16.3. The van der Waals surface area contributed by atoms with Gasteiger partial charge in [0.25, 0.3) is 0 Å². The first-order valence-electron chi connectivity index (χ1n) is 4.80. The van der Waals surface area contributed by atoms with Crippen LogP contribution in [0.15, 0.2) is 53.5 Å². The zero-order valence-electron chi connectivity index (χ0n) is 8.32. The molecule has 0 saturated heterocycles. The van der Waals surface area contributed by atoms with E-state index in [1.54, 1.807) is 35.5 Å². The van der Waals surface area contributed by atoms with E-state index in [1.165, 1.54) is 0 Å². The SMILES string of the molecule is c1coc(-c2nccc(-n3cccn3)n2)c1. The molecule has 78 valence electrons. The van der Waals surface area contributed by atoms with Crippen LogP contribution in [0.25, 0.3) is 17.4 Å². The van der Waals surface area contributed by atoms with E-state index < -0.39 is 0 Å². The van der Waals surface area contributed by atoms with Crippen molar-refractivity contribution >= 4 is 0 Å². The molecule has 0 saturated carbocycles. The molecule has 0 radical (unpaired) electrons. The molecule has 0 aliphatic rings. The first kappa shape index (κ1) is 8.84. The molecule has 3 aromatic rings. The molecule has 0 unspecified atom stereocenters. The van der Waals surface area contributed by atoms with Crippen molar-refractivity contribution in [3.05, 3.63) is 49.1 Å². The van der Waals surface area contributed by atoms with E-state index in [-0.39, 0.29) is 0 Å². The van der Waals surface area contributed by atoms with Crippen LogP contribution in [0.2, 0.25) is 0 Å². The Bertz CT molecular complexity index is 522. The maximum atomic E-state index is 5.24. The largest absolute Gasteiger partial charge is 0.461 e. The average Bonchev–Trinajstić information content (AvgIpc) is 3.03. The summed E-state index contributed by atoms with van der Waals surface area (Å²) in [6.07, 6.45) is 6.81. The number of furan rings is 1. The Morgan fingerprint density at radius 2 is 2.12 bits per heavy atom. The molecule has 0 atom stereocenters. The third kappa shape index (κ3) is 1.48. The molecule has 3 aromatic heterocycles. The molecular weight excluding hydrogens is 204 g/mol. The van der Waals surface area contributed by atoms with Crippen LogP contribution < -0.4 is 0 Å². The zero-order valence-corrected chi connectivity index (χ0v) is 8.32. The van der Waals surface area contributed by atoms with Gasteiger partial charge in [-0.05, 0) is 18.2 Å². The smallest absolute Gasteiger partial charge is 0.197 e. The van der Waals surface area contributed by atoms with Gasteiger partial charge < -0.3 is 4.42 Å². The van der Waals surface area contributed by atoms with Crippen molar-refractivity contribution in [1.82, 2.24) is 19.7 Å². The third-order valence-corrected chi connectivity index (χ3v) is 2.12. The predicted molar refractivity (Wildman–Crippen MR) is 56.9 cm³/mol. The molecule has 0 aliphatic carbocycles. The van der Waals surface area contributed by atoms with Crippen molar-refractivity contribution in [1.29, 1.82) is 0 Å². The van der Waals surface area contributed by atoms with Gasteiger partial charge in [-0.2, -0.15) is 5.10 Å². The Morgan fingerprint density at radius 3 is 2.88 bits per heavy atom. The van der Waals surface area contributed by atoms with Crippen molar-refractivity contribution in [3.8, 4) is 17.4 Å². The summed E-state index contributed by atoms with van der Waals surface area (Å²) in [5.41, 5.74) is 0. The van der Waals surface area contributed by atoms with Gasteiger partial charge in [0, 0.05) is 24.7 Å². The lowest BCUT2D eigenvalue weighted by atomic mass is 10.4. The fourth-order valence-corrected chi connectivity index (χ4v) is 1.41. The minimum Gasteiger partial charge on any atom is -0.461 e. The highest BCUT2D eigenvalue weighted by Crippen LogP contribution is 2.15. The second-order valence-electron chi connectivity index (χ2n) is 3.17. The minimum absolute atomic E-state index is 0.554. The fourth-order valence-electron chi connectivity index (χ4n) is 1.41. The lowest BCUT2D eigenvalue weighted by molar-refractivity contribution is 0.576. The van der Waals surface area contributed by atoms with Gasteiger partial charge in [-0.3, -0.25) is 0 Å². The van der Waals surface area contributed by atoms with Crippen molar-refractivity contribution < 1.29 is 4.42 Å². The molecule has 3 heterocycles. The maximum Gasteiger partial charge on any atom is 0.197 e. The average molecular weight is 212 g/mol. The Kier molecular flexibility index (Phi) is 2.00. The van der Waals surface area contributed by atoms with Crippen LogP contribution in [0, 0.1) is 0 Å². The molecule has 0 N–H and O–H groups in total. The van der Waals surface area contributed by atoms with Gasteiger partial charge in [0.1, 0.15) is 0 Å². The van der Waals surface area contributed by atoms with Crippen molar-refractivity contribution in [2.45, 2.75) is 0 Å². The van der Waals surface area contributed by atoms with Crippen LogP contribution in [0.1, 0.15) is 0 Å². The summed E-state index contributed by atoms with van der Waals surface area (Å²) in [7, 11) is 0. The molecule has 0 aliphatic heterocycles. The summed E-state index contributed by atoms with van der Waals surface area (Å²) >= 11 is 0. The van der Waals surface area contributed by atoms with Crippen molar-refractivity contribution in [2.75, 3.05) is 0 Å². The Morgan fingerprint density at radius 1 is 1.12 bits per heavy atom. The minimum atomic E-state index is 0.554. The normalized spacial score (nSPS) is 10.5. The van der Waals surface area contributed by atoms with E-state index in [1.807, 2.05) is 18.3 Å². The highest BCUT2D eigenvalue weighted by Gasteiger charge is 2.05. The summed E-state index contributed by atoms with van der Waals surface area (Å²) < 4.78 is 6.91. The van der Waals surface area contributed by atoms with E-state index in [0.29, 0.717) is 17.4 Å². The Balaban J connectivity index is 2.07. The molecule has 0 spiro atoms. The summed E-state index contributed by atoms with van der Waals surface area (Å²) in [5, 5.41) is 4.10. The lowest BCUT2D eigenvalue weighted by Gasteiger charge is -2.01. The molecule has 3 rings (SSSR count). The Hall–Kier alpha value is -2.43. The second-order valence-corrected chi connectivity index (χ2v) is 3.17. The van der Waals surface area contributed by atoms with Crippen molar-refractivity contribution in [3.63, 3.8) is 0 Å². The van der Waals surface area contributed by atoms with Crippen LogP contribution in [-0.4, -0.2) is 19.7 Å². The molecule has 5 heteroatoms. The highest BCUT2D eigenvalue weighted by molar-refractivity contribution is 5.47. The van der Waals surface area contributed by atoms with Gasteiger partial charge in [-0.1, -0.05) is 0 Å². The zero-order chi connectivity index (χ0) is 10.8. The van der Waals surface area contributed by atoms with Gasteiger partial charge in [0.05, 0.1) is 6.26 Å². The Labute approximate surface area is 91.4 Å². The summed E-state index contributed by atoms with van der Waals surface area (Å²) in [6, 6.07) is 7.26. The van der Waals surface area contributed by atoms with Crippen LogP contribution in [-0.2, 0) is 0 Å². The standard InChI is InChI=1S/C11H8N4O/c1-3-9(16-8-1)11-12-6-4-10(14-11)15-7-2-5-13-15/h1-8H. The molecule has 0 aromatic carbocycles. The van der Waals surface area contributed by atoms with Crippen LogP contribution in [0.5, 0.6) is 0 Å². The monoisotopic (exact) mass is 212 g/mol. The summed E-state index contributed by atoms with van der Waals surface area (Å²) in [5.74, 6) is 1.92. The molecule has 0 fully saturated rings. The topological polar surface area (TPSA) is 56.7 Å². The van der Waals surface area contributed by atoms with Crippen LogP contribution in [0.3, 0.4) is 0 Å². The molecule has 5 nitrogen and oxygen atoms in total. The quantitative estimate of drug-likeness (QED) is 0.651. The predicted octanol–water partition coefficient (Wildman–Crippen LogP) is 1.92. The number of aromatic nitrogens is 4. The third-order valence-electron chi connectivity index (χ3n) is 2.12. The fraction of sp³-hybridized carbons (Fsp3) is 0. The van der Waals surface area contributed by atoms with Crippen LogP contribution in [0.4, 0.5) is 0 Å². The molecular formula is C11H8N4O. The van der Waals surface area contributed by atoms with Gasteiger partial charge in [0.2, 0.25) is 0 Å². The lowest BCUT2D eigenvalue weighted by Crippen LogP contribution is -1.99. The van der Waals surface area contributed by atoms with E-state index in [4.69, 9.17) is 4.42 Å². The maximum absolute atomic E-state index is 5.24. The number of hydrogen-bond acceptors (Lipinski definition) is 4. The first-order valence-corrected chi connectivity index (χ1v) is 4.80. The van der Waals surface area contributed by atoms with Crippen molar-refractivity contribution in [2.24, 2.45) is 0 Å².